The average Bonchev–Trinajstić information content (AvgIpc) is 2.99. The summed E-state index contributed by atoms with van der Waals surface area (Å²) >= 11 is 6.67. The highest BCUT2D eigenvalue weighted by Gasteiger charge is 2.12. The van der Waals surface area contributed by atoms with Crippen LogP contribution in [0.4, 0.5) is 5.82 Å². The minimum atomic E-state index is 0.102. The van der Waals surface area contributed by atoms with Crippen LogP contribution in [0.1, 0.15) is 5.56 Å². The van der Waals surface area contributed by atoms with Crippen LogP contribution in [0.15, 0.2) is 61.2 Å². The molecule has 4 aromatic rings. The standard InChI is InChI=1S/C17H10Br2N4O2/c18-10-5-9(15(24)12(19)6-10)7-22-23-17-16-14(20-8-21-17)11-3-1-2-4-13(11)25-16/h1-8,24H,(H,20,21,23)/b22-7-. The van der Waals surface area contributed by atoms with E-state index in [9.17, 15) is 5.11 Å². The summed E-state index contributed by atoms with van der Waals surface area (Å²) in [5.74, 6) is 0.552. The fourth-order valence-electron chi connectivity index (χ4n) is 2.45. The lowest BCUT2D eigenvalue weighted by molar-refractivity contribution is 0.471. The second-order valence-corrected chi connectivity index (χ2v) is 6.96. The Labute approximate surface area is 158 Å². The molecule has 124 valence electrons. The lowest BCUT2D eigenvalue weighted by Crippen LogP contribution is -1.95. The van der Waals surface area contributed by atoms with Gasteiger partial charge in [0.2, 0.25) is 0 Å². The van der Waals surface area contributed by atoms with E-state index in [2.05, 4.69) is 52.4 Å². The molecule has 0 aliphatic carbocycles. The molecular weight excluding hydrogens is 452 g/mol. The Morgan fingerprint density at radius 3 is 2.88 bits per heavy atom. The van der Waals surface area contributed by atoms with E-state index in [4.69, 9.17) is 4.42 Å². The zero-order valence-electron chi connectivity index (χ0n) is 12.6. The van der Waals surface area contributed by atoms with E-state index in [1.807, 2.05) is 24.3 Å². The van der Waals surface area contributed by atoms with Gasteiger partial charge in [0.05, 0.1) is 10.7 Å². The molecule has 6 nitrogen and oxygen atoms in total. The average molecular weight is 462 g/mol. The molecule has 0 aliphatic heterocycles. The van der Waals surface area contributed by atoms with Crippen molar-refractivity contribution in [2.75, 3.05) is 5.43 Å². The number of phenols is 1. The predicted molar refractivity (Wildman–Crippen MR) is 104 cm³/mol. The Bertz CT molecular complexity index is 1120. The molecule has 0 radical (unpaired) electrons. The number of hydrogen-bond donors (Lipinski definition) is 2. The minimum Gasteiger partial charge on any atom is -0.506 e. The van der Waals surface area contributed by atoms with Gasteiger partial charge in [0, 0.05) is 15.4 Å². The number of anilines is 1. The Hall–Kier alpha value is -2.45. The third kappa shape index (κ3) is 2.98. The van der Waals surface area contributed by atoms with Crippen LogP contribution in [0.25, 0.3) is 22.1 Å². The number of hydrazone groups is 1. The molecule has 25 heavy (non-hydrogen) atoms. The molecule has 0 bridgehead atoms. The molecule has 0 atom stereocenters. The summed E-state index contributed by atoms with van der Waals surface area (Å²) in [6.07, 6.45) is 2.96. The van der Waals surface area contributed by atoms with E-state index in [-0.39, 0.29) is 5.75 Å². The van der Waals surface area contributed by atoms with Gasteiger partial charge in [-0.3, -0.25) is 5.43 Å². The normalized spacial score (nSPS) is 11.6. The Balaban J connectivity index is 1.70. The van der Waals surface area contributed by atoms with Gasteiger partial charge in [-0.05, 0) is 40.2 Å². The van der Waals surface area contributed by atoms with E-state index in [0.717, 1.165) is 21.0 Å². The van der Waals surface area contributed by atoms with Crippen LogP contribution in [0.2, 0.25) is 0 Å². The first-order valence-corrected chi connectivity index (χ1v) is 8.81. The molecule has 0 saturated carbocycles. The summed E-state index contributed by atoms with van der Waals surface area (Å²) in [7, 11) is 0. The second kappa shape index (κ2) is 6.45. The summed E-state index contributed by atoms with van der Waals surface area (Å²) in [4.78, 5) is 8.46. The molecule has 0 amide bonds. The molecular formula is C17H10Br2N4O2. The number of halogens is 2. The largest absolute Gasteiger partial charge is 0.506 e. The summed E-state index contributed by atoms with van der Waals surface area (Å²) in [6, 6.07) is 11.2. The van der Waals surface area contributed by atoms with Gasteiger partial charge in [0.25, 0.3) is 0 Å². The number of phenolic OH excluding ortho intramolecular Hbond substituents is 1. The second-order valence-electron chi connectivity index (χ2n) is 5.19. The summed E-state index contributed by atoms with van der Waals surface area (Å²) in [6.45, 7) is 0. The zero-order chi connectivity index (χ0) is 17.4. The number of para-hydroxylation sites is 1. The van der Waals surface area contributed by atoms with Crippen molar-refractivity contribution in [2.24, 2.45) is 5.10 Å². The first-order valence-electron chi connectivity index (χ1n) is 7.23. The number of aromatic hydroxyl groups is 1. The summed E-state index contributed by atoms with van der Waals surface area (Å²) < 4.78 is 7.22. The number of furan rings is 1. The maximum atomic E-state index is 10.1. The van der Waals surface area contributed by atoms with Gasteiger partial charge >= 0.3 is 0 Å². The third-order valence-corrected chi connectivity index (χ3v) is 4.65. The topological polar surface area (TPSA) is 83.5 Å². The van der Waals surface area contributed by atoms with Gasteiger partial charge in [-0.1, -0.05) is 28.1 Å². The van der Waals surface area contributed by atoms with Crippen LogP contribution in [-0.4, -0.2) is 21.3 Å². The quantitative estimate of drug-likeness (QED) is 0.329. The van der Waals surface area contributed by atoms with Crippen molar-refractivity contribution >= 4 is 66.0 Å². The van der Waals surface area contributed by atoms with Crippen LogP contribution in [0, 0.1) is 0 Å². The maximum Gasteiger partial charge on any atom is 0.197 e. The van der Waals surface area contributed by atoms with Crippen molar-refractivity contribution in [2.45, 2.75) is 0 Å². The Morgan fingerprint density at radius 2 is 2.00 bits per heavy atom. The van der Waals surface area contributed by atoms with Crippen LogP contribution in [-0.2, 0) is 0 Å². The SMILES string of the molecule is Oc1c(Br)cc(Br)cc1/C=N\Nc1ncnc2c1oc1ccccc12. The highest BCUT2D eigenvalue weighted by molar-refractivity contribution is 9.11. The van der Waals surface area contributed by atoms with Gasteiger partial charge in [-0.2, -0.15) is 5.10 Å². The minimum absolute atomic E-state index is 0.102. The lowest BCUT2D eigenvalue weighted by atomic mass is 10.2. The molecule has 0 spiro atoms. The number of rotatable bonds is 3. The Kier molecular flexibility index (Phi) is 4.14. The summed E-state index contributed by atoms with van der Waals surface area (Å²) in [5.41, 5.74) is 5.37. The van der Waals surface area contributed by atoms with E-state index < -0.39 is 0 Å². The number of nitrogens with one attached hydrogen (secondary N) is 1. The van der Waals surface area contributed by atoms with Crippen molar-refractivity contribution in [1.29, 1.82) is 0 Å². The molecule has 2 aromatic heterocycles. The van der Waals surface area contributed by atoms with Crippen LogP contribution in [0.3, 0.4) is 0 Å². The van der Waals surface area contributed by atoms with Crippen molar-refractivity contribution in [3.63, 3.8) is 0 Å². The lowest BCUT2D eigenvalue weighted by Gasteiger charge is -2.03. The zero-order valence-corrected chi connectivity index (χ0v) is 15.7. The van der Waals surface area contributed by atoms with Crippen LogP contribution >= 0.6 is 31.9 Å². The van der Waals surface area contributed by atoms with Gasteiger partial charge in [0.15, 0.2) is 11.4 Å². The van der Waals surface area contributed by atoms with E-state index in [1.165, 1.54) is 12.5 Å². The molecule has 8 heteroatoms. The molecule has 0 unspecified atom stereocenters. The molecule has 4 rings (SSSR count). The molecule has 0 fully saturated rings. The molecule has 0 aliphatic rings. The first-order chi connectivity index (χ1) is 12.1. The van der Waals surface area contributed by atoms with E-state index in [1.54, 1.807) is 12.1 Å². The van der Waals surface area contributed by atoms with Crippen LogP contribution < -0.4 is 5.43 Å². The van der Waals surface area contributed by atoms with Gasteiger partial charge in [-0.15, -0.1) is 0 Å². The third-order valence-electron chi connectivity index (χ3n) is 3.59. The Morgan fingerprint density at radius 1 is 1.16 bits per heavy atom. The highest BCUT2D eigenvalue weighted by atomic mass is 79.9. The number of aromatic nitrogens is 2. The van der Waals surface area contributed by atoms with Gasteiger partial charge in [0.1, 0.15) is 23.2 Å². The highest BCUT2D eigenvalue weighted by Crippen LogP contribution is 2.31. The van der Waals surface area contributed by atoms with Crippen molar-refractivity contribution in [3.8, 4) is 5.75 Å². The predicted octanol–water partition coefficient (Wildman–Crippen LogP) is 5.05. The number of nitrogens with zero attached hydrogens (tertiary/aromatic N) is 3. The number of benzene rings is 2. The number of fused-ring (bicyclic) bond motifs is 3. The van der Waals surface area contributed by atoms with Crippen molar-refractivity contribution < 1.29 is 9.52 Å². The van der Waals surface area contributed by atoms with Crippen molar-refractivity contribution in [1.82, 2.24) is 9.97 Å². The molecule has 2 N–H and O–H groups in total. The smallest absolute Gasteiger partial charge is 0.197 e. The monoisotopic (exact) mass is 460 g/mol. The fraction of sp³-hybridized carbons (Fsp3) is 0. The van der Waals surface area contributed by atoms with Gasteiger partial charge < -0.3 is 9.52 Å². The molecule has 0 saturated heterocycles. The van der Waals surface area contributed by atoms with Gasteiger partial charge in [-0.25, -0.2) is 9.97 Å². The van der Waals surface area contributed by atoms with E-state index in [0.29, 0.717) is 21.4 Å². The fourth-order valence-corrected chi connectivity index (χ4v) is 3.71. The van der Waals surface area contributed by atoms with E-state index >= 15 is 0 Å². The first kappa shape index (κ1) is 16.0. The molecule has 2 heterocycles. The van der Waals surface area contributed by atoms with Crippen LogP contribution in [0.5, 0.6) is 5.75 Å². The summed E-state index contributed by atoms with van der Waals surface area (Å²) in [5, 5.41) is 15.1. The maximum absolute atomic E-state index is 10.1. The number of hydrogen-bond acceptors (Lipinski definition) is 6. The molecule has 2 aromatic carbocycles. The van der Waals surface area contributed by atoms with Crippen molar-refractivity contribution in [3.05, 3.63) is 57.2 Å².